The lowest BCUT2D eigenvalue weighted by molar-refractivity contribution is 0.238. The van der Waals surface area contributed by atoms with Crippen molar-refractivity contribution in [1.82, 2.24) is 15.0 Å². The fourth-order valence-electron chi connectivity index (χ4n) is 3.66. The van der Waals surface area contributed by atoms with Crippen LogP contribution in [-0.2, 0) is 6.54 Å². The van der Waals surface area contributed by atoms with Crippen LogP contribution in [0.15, 0.2) is 53.1 Å². The molecule has 0 radical (unpaired) electrons. The summed E-state index contributed by atoms with van der Waals surface area (Å²) in [5.41, 5.74) is 3.50. The molecule has 0 spiro atoms. The maximum absolute atomic E-state index is 5.55. The summed E-state index contributed by atoms with van der Waals surface area (Å²) < 4.78 is 11.0. The molecule has 0 saturated carbocycles. The first-order valence-electron chi connectivity index (χ1n) is 9.59. The number of rotatable bonds is 6. The summed E-state index contributed by atoms with van der Waals surface area (Å²) in [6, 6.07) is 17.0. The van der Waals surface area contributed by atoms with Crippen LogP contribution in [0.4, 0.5) is 0 Å². The van der Waals surface area contributed by atoms with Gasteiger partial charge in [0.15, 0.2) is 5.82 Å². The van der Waals surface area contributed by atoms with Crippen molar-refractivity contribution in [2.24, 2.45) is 0 Å². The fraction of sp³-hybridized carbons (Fsp3) is 0.364. The molecule has 0 N–H and O–H groups in total. The molecule has 0 amide bonds. The standard InChI is InChI=1S/C22H25N3O2/c1-3-26-19-12-10-17(11-13-19)20-5-4-14-25(20)15-21-23-22(27-24-21)18-8-6-16(2)7-9-18/h6-13,20H,3-5,14-15H2,1-2H3. The Balaban J connectivity index is 1.46. The van der Waals surface area contributed by atoms with E-state index in [0.29, 0.717) is 25.1 Å². The number of likely N-dealkylation sites (tertiary alicyclic amines) is 1. The molecule has 3 aromatic rings. The van der Waals surface area contributed by atoms with E-state index in [1.807, 2.05) is 19.1 Å². The predicted molar refractivity (Wildman–Crippen MR) is 104 cm³/mol. The van der Waals surface area contributed by atoms with Crippen molar-refractivity contribution in [1.29, 1.82) is 0 Å². The highest BCUT2D eigenvalue weighted by Crippen LogP contribution is 2.33. The van der Waals surface area contributed by atoms with Crippen LogP contribution in [0.1, 0.15) is 42.8 Å². The fourth-order valence-corrected chi connectivity index (χ4v) is 3.66. The molecule has 2 aromatic carbocycles. The summed E-state index contributed by atoms with van der Waals surface area (Å²) in [5.74, 6) is 2.25. The molecule has 1 saturated heterocycles. The van der Waals surface area contributed by atoms with Gasteiger partial charge >= 0.3 is 0 Å². The summed E-state index contributed by atoms with van der Waals surface area (Å²) in [5, 5.41) is 4.20. The number of nitrogens with zero attached hydrogens (tertiary/aromatic N) is 3. The third-order valence-corrected chi connectivity index (χ3v) is 5.05. The lowest BCUT2D eigenvalue weighted by atomic mass is 10.0. The summed E-state index contributed by atoms with van der Waals surface area (Å²) in [4.78, 5) is 7.03. The molecule has 27 heavy (non-hydrogen) atoms. The van der Waals surface area contributed by atoms with Gasteiger partial charge in [-0.15, -0.1) is 0 Å². The zero-order chi connectivity index (χ0) is 18.6. The van der Waals surface area contributed by atoms with E-state index >= 15 is 0 Å². The van der Waals surface area contributed by atoms with E-state index in [-0.39, 0.29) is 0 Å². The van der Waals surface area contributed by atoms with Gasteiger partial charge in [-0.2, -0.15) is 4.98 Å². The molecule has 1 aliphatic heterocycles. The van der Waals surface area contributed by atoms with Crippen molar-refractivity contribution in [2.45, 2.75) is 39.3 Å². The zero-order valence-corrected chi connectivity index (χ0v) is 15.9. The highest BCUT2D eigenvalue weighted by atomic mass is 16.5. The van der Waals surface area contributed by atoms with Gasteiger partial charge in [0.25, 0.3) is 5.89 Å². The lowest BCUT2D eigenvalue weighted by Gasteiger charge is -2.23. The summed E-state index contributed by atoms with van der Waals surface area (Å²) >= 11 is 0. The average molecular weight is 363 g/mol. The van der Waals surface area contributed by atoms with Crippen molar-refractivity contribution >= 4 is 0 Å². The highest BCUT2D eigenvalue weighted by Gasteiger charge is 2.27. The predicted octanol–water partition coefficient (Wildman–Crippen LogP) is 4.78. The van der Waals surface area contributed by atoms with Crippen LogP contribution in [0.2, 0.25) is 0 Å². The van der Waals surface area contributed by atoms with Gasteiger partial charge in [0.1, 0.15) is 5.75 Å². The zero-order valence-electron chi connectivity index (χ0n) is 15.9. The lowest BCUT2D eigenvalue weighted by Crippen LogP contribution is -2.23. The third-order valence-electron chi connectivity index (χ3n) is 5.05. The third kappa shape index (κ3) is 4.03. The molecule has 5 heteroatoms. The molecule has 0 aliphatic carbocycles. The smallest absolute Gasteiger partial charge is 0.257 e. The minimum absolute atomic E-state index is 0.391. The van der Waals surface area contributed by atoms with E-state index in [1.54, 1.807) is 0 Å². The molecule has 2 heterocycles. The number of aryl methyl sites for hydroxylation is 1. The molecule has 1 aromatic heterocycles. The normalized spacial score (nSPS) is 17.3. The van der Waals surface area contributed by atoms with E-state index < -0.39 is 0 Å². The monoisotopic (exact) mass is 363 g/mol. The molecule has 1 aliphatic rings. The maximum Gasteiger partial charge on any atom is 0.257 e. The van der Waals surface area contributed by atoms with Gasteiger partial charge in [-0.05, 0) is 63.1 Å². The number of aromatic nitrogens is 2. The van der Waals surface area contributed by atoms with Gasteiger partial charge in [0.05, 0.1) is 13.2 Å². The molecular weight excluding hydrogens is 338 g/mol. The Labute approximate surface area is 160 Å². The molecule has 5 nitrogen and oxygen atoms in total. The number of benzene rings is 2. The van der Waals surface area contributed by atoms with Crippen LogP contribution in [0, 0.1) is 6.92 Å². The van der Waals surface area contributed by atoms with Crippen molar-refractivity contribution in [3.8, 4) is 17.2 Å². The van der Waals surface area contributed by atoms with Crippen molar-refractivity contribution in [3.05, 3.63) is 65.5 Å². The average Bonchev–Trinajstić information content (AvgIpc) is 3.34. The molecule has 4 rings (SSSR count). The molecular formula is C22H25N3O2. The van der Waals surface area contributed by atoms with Crippen LogP contribution in [0.25, 0.3) is 11.5 Å². The molecule has 1 unspecified atom stereocenters. The number of hydrogen-bond donors (Lipinski definition) is 0. The first-order chi connectivity index (χ1) is 13.2. The van der Waals surface area contributed by atoms with Gasteiger partial charge in [0.2, 0.25) is 0 Å². The maximum atomic E-state index is 5.55. The Kier molecular flexibility index (Phi) is 5.21. The number of ether oxygens (including phenoxy) is 1. The first kappa shape index (κ1) is 17.7. The van der Waals surface area contributed by atoms with Gasteiger partial charge in [0, 0.05) is 11.6 Å². The topological polar surface area (TPSA) is 51.4 Å². The van der Waals surface area contributed by atoms with Gasteiger partial charge in [-0.25, -0.2) is 0 Å². The van der Waals surface area contributed by atoms with Crippen molar-refractivity contribution in [2.75, 3.05) is 13.2 Å². The first-order valence-corrected chi connectivity index (χ1v) is 9.59. The Morgan fingerprint density at radius 2 is 1.89 bits per heavy atom. The summed E-state index contributed by atoms with van der Waals surface area (Å²) in [7, 11) is 0. The summed E-state index contributed by atoms with van der Waals surface area (Å²) in [6.07, 6.45) is 2.33. The summed E-state index contributed by atoms with van der Waals surface area (Å²) in [6.45, 7) is 6.51. The van der Waals surface area contributed by atoms with Crippen LogP contribution in [0.5, 0.6) is 5.75 Å². The second kappa shape index (κ2) is 7.92. The van der Waals surface area contributed by atoms with E-state index in [9.17, 15) is 0 Å². The van der Waals surface area contributed by atoms with Crippen LogP contribution in [-0.4, -0.2) is 28.2 Å². The van der Waals surface area contributed by atoms with Crippen LogP contribution < -0.4 is 4.74 Å². The Morgan fingerprint density at radius 1 is 1.11 bits per heavy atom. The molecule has 1 atom stereocenters. The Morgan fingerprint density at radius 3 is 2.63 bits per heavy atom. The van der Waals surface area contributed by atoms with E-state index in [1.165, 1.54) is 17.5 Å². The SMILES string of the molecule is CCOc1ccc(C2CCCN2Cc2noc(-c3ccc(C)cc3)n2)cc1. The molecule has 0 bridgehead atoms. The Bertz CT molecular complexity index is 871. The molecule has 140 valence electrons. The van der Waals surface area contributed by atoms with E-state index in [4.69, 9.17) is 9.26 Å². The van der Waals surface area contributed by atoms with Crippen LogP contribution in [0.3, 0.4) is 0 Å². The van der Waals surface area contributed by atoms with Crippen molar-refractivity contribution in [3.63, 3.8) is 0 Å². The highest BCUT2D eigenvalue weighted by molar-refractivity contribution is 5.53. The minimum atomic E-state index is 0.391. The van der Waals surface area contributed by atoms with Gasteiger partial charge in [-0.3, -0.25) is 4.90 Å². The quantitative estimate of drug-likeness (QED) is 0.631. The second-order valence-electron chi connectivity index (χ2n) is 7.01. The second-order valence-corrected chi connectivity index (χ2v) is 7.01. The molecule has 1 fully saturated rings. The van der Waals surface area contributed by atoms with Gasteiger partial charge in [-0.1, -0.05) is 35.0 Å². The minimum Gasteiger partial charge on any atom is -0.494 e. The Hall–Kier alpha value is -2.66. The van der Waals surface area contributed by atoms with Crippen LogP contribution >= 0.6 is 0 Å². The largest absolute Gasteiger partial charge is 0.494 e. The van der Waals surface area contributed by atoms with Crippen molar-refractivity contribution < 1.29 is 9.26 Å². The van der Waals surface area contributed by atoms with E-state index in [0.717, 1.165) is 30.1 Å². The van der Waals surface area contributed by atoms with Gasteiger partial charge < -0.3 is 9.26 Å². The number of hydrogen-bond acceptors (Lipinski definition) is 5. The van der Waals surface area contributed by atoms with E-state index in [2.05, 4.69) is 58.4 Å².